The van der Waals surface area contributed by atoms with Crippen molar-refractivity contribution in [1.82, 2.24) is 15.0 Å². The van der Waals surface area contributed by atoms with Crippen molar-refractivity contribution >= 4 is 23.1 Å². The van der Waals surface area contributed by atoms with E-state index >= 15 is 0 Å². The van der Waals surface area contributed by atoms with Crippen molar-refractivity contribution in [3.63, 3.8) is 0 Å². The predicted molar refractivity (Wildman–Crippen MR) is 77.5 cm³/mol. The Kier molecular flexibility index (Phi) is 3.86. The van der Waals surface area contributed by atoms with Crippen LogP contribution in [0.5, 0.6) is 0 Å². The van der Waals surface area contributed by atoms with Crippen LogP contribution in [0, 0.1) is 0 Å². The monoisotopic (exact) mass is 285 g/mol. The van der Waals surface area contributed by atoms with E-state index in [0.717, 1.165) is 21.6 Å². The molecular weight excluding hydrogens is 274 g/mol. The van der Waals surface area contributed by atoms with Crippen LogP contribution in [0.1, 0.15) is 11.4 Å². The van der Waals surface area contributed by atoms with Crippen molar-refractivity contribution in [2.75, 3.05) is 0 Å². The maximum atomic E-state index is 4.56. The smallest absolute Gasteiger partial charge is 0.156 e. The Morgan fingerprint density at radius 3 is 2.68 bits per heavy atom. The lowest BCUT2D eigenvalue weighted by Gasteiger charge is -2.02. The van der Waals surface area contributed by atoms with Gasteiger partial charge < -0.3 is 0 Å². The van der Waals surface area contributed by atoms with Crippen LogP contribution < -0.4 is 0 Å². The lowest BCUT2D eigenvalue weighted by atomic mass is 10.1. The topological polar surface area (TPSA) is 38.7 Å². The first-order valence-corrected chi connectivity index (χ1v) is 7.53. The van der Waals surface area contributed by atoms with Crippen LogP contribution in [0.3, 0.4) is 0 Å². The second kappa shape index (κ2) is 5.95. The highest BCUT2D eigenvalue weighted by atomic mass is 32.2. The predicted octanol–water partition coefficient (Wildman–Crippen LogP) is 3.68. The summed E-state index contributed by atoms with van der Waals surface area (Å²) in [6.45, 7) is 0. The van der Waals surface area contributed by atoms with Crippen LogP contribution in [0.15, 0.2) is 63.5 Å². The fourth-order valence-corrected chi connectivity index (χ4v) is 3.20. The third-order valence-electron chi connectivity index (χ3n) is 2.49. The normalized spacial score (nSPS) is 10.5. The van der Waals surface area contributed by atoms with Crippen LogP contribution in [-0.4, -0.2) is 15.0 Å². The SMILES string of the molecule is c1ccc(Cc2nccc(Sc3nccs3)n2)cc1. The molecule has 0 radical (unpaired) electrons. The van der Waals surface area contributed by atoms with Crippen LogP contribution in [-0.2, 0) is 6.42 Å². The molecule has 0 saturated heterocycles. The first-order valence-electron chi connectivity index (χ1n) is 5.83. The van der Waals surface area contributed by atoms with Gasteiger partial charge in [-0.3, -0.25) is 0 Å². The van der Waals surface area contributed by atoms with Gasteiger partial charge in [0, 0.05) is 24.2 Å². The average molecular weight is 285 g/mol. The molecule has 3 rings (SSSR count). The number of nitrogens with zero attached hydrogens (tertiary/aromatic N) is 3. The molecule has 5 heteroatoms. The van der Waals surface area contributed by atoms with E-state index in [1.807, 2.05) is 29.6 Å². The first-order chi connectivity index (χ1) is 9.40. The zero-order chi connectivity index (χ0) is 12.9. The van der Waals surface area contributed by atoms with Crippen LogP contribution in [0.25, 0.3) is 0 Å². The Morgan fingerprint density at radius 1 is 1.00 bits per heavy atom. The first kappa shape index (κ1) is 12.3. The molecule has 0 N–H and O–H groups in total. The Morgan fingerprint density at radius 2 is 1.89 bits per heavy atom. The summed E-state index contributed by atoms with van der Waals surface area (Å²) in [5.41, 5.74) is 1.22. The molecule has 0 aliphatic heterocycles. The second-order valence-electron chi connectivity index (χ2n) is 3.87. The molecule has 3 nitrogen and oxygen atoms in total. The molecule has 1 aromatic carbocycles. The minimum Gasteiger partial charge on any atom is -0.241 e. The summed E-state index contributed by atoms with van der Waals surface area (Å²) in [5, 5.41) is 2.91. The van der Waals surface area contributed by atoms with Gasteiger partial charge in [0.25, 0.3) is 0 Å². The Labute approximate surface area is 119 Å². The van der Waals surface area contributed by atoms with Crippen molar-refractivity contribution in [3.8, 4) is 0 Å². The van der Waals surface area contributed by atoms with E-state index in [2.05, 4.69) is 27.1 Å². The molecule has 0 fully saturated rings. The lowest BCUT2D eigenvalue weighted by Crippen LogP contribution is -1.96. The van der Waals surface area contributed by atoms with Gasteiger partial charge in [0.05, 0.1) is 0 Å². The molecular formula is C14H11N3S2. The van der Waals surface area contributed by atoms with Gasteiger partial charge in [-0.1, -0.05) is 30.3 Å². The van der Waals surface area contributed by atoms with Gasteiger partial charge in [0.15, 0.2) is 4.34 Å². The highest BCUT2D eigenvalue weighted by molar-refractivity contribution is 8.00. The molecule has 94 valence electrons. The fraction of sp³-hybridized carbons (Fsp3) is 0.0714. The molecule has 19 heavy (non-hydrogen) atoms. The van der Waals surface area contributed by atoms with Crippen molar-refractivity contribution in [2.24, 2.45) is 0 Å². The Hall–Kier alpha value is -1.72. The van der Waals surface area contributed by atoms with Gasteiger partial charge in [-0.15, -0.1) is 11.3 Å². The molecule has 0 aliphatic carbocycles. The number of benzene rings is 1. The third kappa shape index (κ3) is 3.39. The van der Waals surface area contributed by atoms with Crippen molar-refractivity contribution < 1.29 is 0 Å². The van der Waals surface area contributed by atoms with Crippen molar-refractivity contribution in [3.05, 3.63) is 65.6 Å². The van der Waals surface area contributed by atoms with Crippen LogP contribution >= 0.6 is 23.1 Å². The highest BCUT2D eigenvalue weighted by Gasteiger charge is 2.04. The van der Waals surface area contributed by atoms with Crippen molar-refractivity contribution in [2.45, 2.75) is 15.8 Å². The summed E-state index contributed by atoms with van der Waals surface area (Å²) in [7, 11) is 0. The van der Waals surface area contributed by atoms with E-state index in [9.17, 15) is 0 Å². The van der Waals surface area contributed by atoms with E-state index in [0.29, 0.717) is 0 Å². The van der Waals surface area contributed by atoms with Gasteiger partial charge in [-0.25, -0.2) is 15.0 Å². The third-order valence-corrected chi connectivity index (χ3v) is 4.31. The van der Waals surface area contributed by atoms with E-state index in [-0.39, 0.29) is 0 Å². The minimum atomic E-state index is 0.757. The summed E-state index contributed by atoms with van der Waals surface area (Å²) >= 11 is 3.19. The Balaban J connectivity index is 1.76. The van der Waals surface area contributed by atoms with Gasteiger partial charge >= 0.3 is 0 Å². The van der Waals surface area contributed by atoms with E-state index in [4.69, 9.17) is 0 Å². The van der Waals surface area contributed by atoms with Gasteiger partial charge in [-0.05, 0) is 23.4 Å². The van der Waals surface area contributed by atoms with Crippen LogP contribution in [0.4, 0.5) is 0 Å². The average Bonchev–Trinajstić information content (AvgIpc) is 2.93. The maximum Gasteiger partial charge on any atom is 0.156 e. The summed E-state index contributed by atoms with van der Waals surface area (Å²) in [6.07, 6.45) is 4.37. The molecule has 0 saturated carbocycles. The quantitative estimate of drug-likeness (QED) is 0.686. The summed E-state index contributed by atoms with van der Waals surface area (Å²) in [4.78, 5) is 13.1. The maximum absolute atomic E-state index is 4.56. The zero-order valence-electron chi connectivity index (χ0n) is 10.1. The second-order valence-corrected chi connectivity index (χ2v) is 6.04. The van der Waals surface area contributed by atoms with Gasteiger partial charge in [0.1, 0.15) is 10.9 Å². The summed E-state index contributed by atoms with van der Waals surface area (Å²) in [6, 6.07) is 12.2. The standard InChI is InChI=1S/C14H11N3S2/c1-2-4-11(5-3-1)10-12-15-7-6-13(17-12)19-14-16-8-9-18-14/h1-9H,10H2. The summed E-state index contributed by atoms with van der Waals surface area (Å²) in [5.74, 6) is 0.841. The molecule has 0 atom stereocenters. The van der Waals surface area contributed by atoms with E-state index in [1.54, 1.807) is 35.5 Å². The largest absolute Gasteiger partial charge is 0.241 e. The molecule has 0 aliphatic rings. The molecule has 0 amide bonds. The number of thiazole rings is 1. The van der Waals surface area contributed by atoms with Gasteiger partial charge in [-0.2, -0.15) is 0 Å². The minimum absolute atomic E-state index is 0.757. The molecule has 0 unspecified atom stereocenters. The fourth-order valence-electron chi connectivity index (χ4n) is 1.65. The van der Waals surface area contributed by atoms with Crippen LogP contribution in [0.2, 0.25) is 0 Å². The van der Waals surface area contributed by atoms with E-state index < -0.39 is 0 Å². The van der Waals surface area contributed by atoms with Gasteiger partial charge in [0.2, 0.25) is 0 Å². The van der Waals surface area contributed by atoms with E-state index in [1.165, 1.54) is 5.56 Å². The number of aromatic nitrogens is 3. The lowest BCUT2D eigenvalue weighted by molar-refractivity contribution is 0.909. The highest BCUT2D eigenvalue weighted by Crippen LogP contribution is 2.27. The molecule has 3 aromatic rings. The molecule has 2 aromatic heterocycles. The molecule has 0 spiro atoms. The number of hydrogen-bond acceptors (Lipinski definition) is 5. The summed E-state index contributed by atoms with van der Waals surface area (Å²) < 4.78 is 1.00. The molecule has 2 heterocycles. The number of rotatable bonds is 4. The Bertz CT molecular complexity index is 639. The zero-order valence-corrected chi connectivity index (χ0v) is 11.7. The molecule has 0 bridgehead atoms. The van der Waals surface area contributed by atoms with Crippen molar-refractivity contribution in [1.29, 1.82) is 0 Å². The number of hydrogen-bond donors (Lipinski definition) is 0.